The van der Waals surface area contributed by atoms with Crippen molar-refractivity contribution >= 4 is 5.69 Å². The maximum Gasteiger partial charge on any atom is 0.159 e. The zero-order valence-corrected chi connectivity index (χ0v) is 16.6. The Morgan fingerprint density at radius 3 is 2.46 bits per heavy atom. The first-order valence-corrected chi connectivity index (χ1v) is 9.65. The molecule has 2 N–H and O–H groups in total. The average molecular weight is 374 g/mol. The van der Waals surface area contributed by atoms with Crippen molar-refractivity contribution < 1.29 is 4.74 Å². The standard InChI is InChI=1S/C23H26N4O/c1-15-5-4-6-21(27(3)24)20(15)14-28-22-10-9-18(11-16(22)2)23-25-12-19(13-26-23)17-7-8-17/h4-6,9-13,17H,7-8,14,24H2,1-3H3. The van der Waals surface area contributed by atoms with E-state index < -0.39 is 0 Å². The van der Waals surface area contributed by atoms with E-state index in [9.17, 15) is 0 Å². The molecule has 0 aliphatic heterocycles. The summed E-state index contributed by atoms with van der Waals surface area (Å²) in [4.78, 5) is 9.09. The average Bonchev–Trinajstić information content (AvgIpc) is 3.53. The lowest BCUT2D eigenvalue weighted by Crippen LogP contribution is -2.26. The first kappa shape index (κ1) is 18.4. The summed E-state index contributed by atoms with van der Waals surface area (Å²) in [5, 5.41) is 1.63. The van der Waals surface area contributed by atoms with Gasteiger partial charge in [0.25, 0.3) is 0 Å². The van der Waals surface area contributed by atoms with Gasteiger partial charge in [-0.2, -0.15) is 0 Å². The Morgan fingerprint density at radius 2 is 1.82 bits per heavy atom. The van der Waals surface area contributed by atoms with Crippen molar-refractivity contribution in [1.82, 2.24) is 9.97 Å². The lowest BCUT2D eigenvalue weighted by atomic mass is 10.1. The molecule has 2 aromatic carbocycles. The lowest BCUT2D eigenvalue weighted by molar-refractivity contribution is 0.303. The van der Waals surface area contributed by atoms with E-state index >= 15 is 0 Å². The summed E-state index contributed by atoms with van der Waals surface area (Å²) in [6.45, 7) is 4.59. The van der Waals surface area contributed by atoms with E-state index in [1.807, 2.05) is 50.6 Å². The highest BCUT2D eigenvalue weighted by molar-refractivity contribution is 5.59. The third-order valence-corrected chi connectivity index (χ3v) is 5.29. The fraction of sp³-hybridized carbons (Fsp3) is 0.304. The van der Waals surface area contributed by atoms with Crippen LogP contribution in [0, 0.1) is 13.8 Å². The van der Waals surface area contributed by atoms with Gasteiger partial charge in [0.05, 0.1) is 5.69 Å². The third kappa shape index (κ3) is 3.85. The molecule has 0 amide bonds. The Balaban J connectivity index is 1.51. The summed E-state index contributed by atoms with van der Waals surface area (Å²) in [7, 11) is 1.84. The minimum atomic E-state index is 0.469. The summed E-state index contributed by atoms with van der Waals surface area (Å²) >= 11 is 0. The molecule has 144 valence electrons. The molecule has 0 saturated heterocycles. The number of nitrogens with zero attached hydrogens (tertiary/aromatic N) is 3. The molecule has 0 radical (unpaired) electrons. The highest BCUT2D eigenvalue weighted by Gasteiger charge is 2.24. The molecule has 5 nitrogen and oxygen atoms in total. The van der Waals surface area contributed by atoms with Crippen molar-refractivity contribution in [3.63, 3.8) is 0 Å². The van der Waals surface area contributed by atoms with Gasteiger partial charge >= 0.3 is 0 Å². The molecular weight excluding hydrogens is 348 g/mol. The minimum Gasteiger partial charge on any atom is -0.489 e. The topological polar surface area (TPSA) is 64.3 Å². The summed E-state index contributed by atoms with van der Waals surface area (Å²) < 4.78 is 6.12. The first-order chi connectivity index (χ1) is 13.5. The number of benzene rings is 2. The fourth-order valence-electron chi connectivity index (χ4n) is 3.42. The van der Waals surface area contributed by atoms with E-state index in [-0.39, 0.29) is 0 Å². The number of aromatic nitrogens is 2. The normalized spacial score (nSPS) is 13.4. The van der Waals surface area contributed by atoms with E-state index in [1.165, 1.54) is 18.4 Å². The van der Waals surface area contributed by atoms with Gasteiger partial charge in [0.1, 0.15) is 12.4 Å². The van der Waals surface area contributed by atoms with Crippen LogP contribution in [0.15, 0.2) is 48.8 Å². The van der Waals surface area contributed by atoms with E-state index in [2.05, 4.69) is 29.0 Å². The largest absolute Gasteiger partial charge is 0.489 e. The second-order valence-corrected chi connectivity index (χ2v) is 7.57. The van der Waals surface area contributed by atoms with Gasteiger partial charge in [-0.3, -0.25) is 0 Å². The van der Waals surface area contributed by atoms with Crippen LogP contribution in [0.1, 0.15) is 41.0 Å². The number of anilines is 1. The van der Waals surface area contributed by atoms with Crippen LogP contribution in [0.4, 0.5) is 5.69 Å². The van der Waals surface area contributed by atoms with Crippen LogP contribution in [-0.4, -0.2) is 17.0 Å². The van der Waals surface area contributed by atoms with E-state index in [4.69, 9.17) is 10.6 Å². The van der Waals surface area contributed by atoms with Crippen LogP contribution < -0.4 is 15.6 Å². The zero-order chi connectivity index (χ0) is 19.7. The lowest BCUT2D eigenvalue weighted by Gasteiger charge is -2.19. The van der Waals surface area contributed by atoms with E-state index in [0.717, 1.165) is 39.5 Å². The molecule has 28 heavy (non-hydrogen) atoms. The summed E-state index contributed by atoms with van der Waals surface area (Å²) in [6, 6.07) is 12.2. The Hall–Kier alpha value is -2.92. The number of aryl methyl sites for hydroxylation is 2. The number of ether oxygens (including phenoxy) is 1. The fourth-order valence-corrected chi connectivity index (χ4v) is 3.42. The molecule has 0 unspecified atom stereocenters. The second-order valence-electron chi connectivity index (χ2n) is 7.57. The molecule has 1 aromatic heterocycles. The summed E-state index contributed by atoms with van der Waals surface area (Å²) in [6.07, 6.45) is 6.44. The zero-order valence-electron chi connectivity index (χ0n) is 16.6. The van der Waals surface area contributed by atoms with E-state index in [0.29, 0.717) is 12.5 Å². The van der Waals surface area contributed by atoms with Crippen LogP contribution in [0.5, 0.6) is 5.75 Å². The van der Waals surface area contributed by atoms with Crippen LogP contribution in [0.3, 0.4) is 0 Å². The SMILES string of the molecule is Cc1cc(-c2ncc(C3CC3)cn2)ccc1OCc1c(C)cccc1N(C)N. The summed E-state index contributed by atoms with van der Waals surface area (Å²) in [5.74, 6) is 8.24. The van der Waals surface area contributed by atoms with Gasteiger partial charge in [0.15, 0.2) is 5.82 Å². The molecule has 1 saturated carbocycles. The van der Waals surface area contributed by atoms with Crippen molar-refractivity contribution in [1.29, 1.82) is 0 Å². The Labute approximate surface area is 166 Å². The second kappa shape index (κ2) is 7.60. The van der Waals surface area contributed by atoms with Crippen molar-refractivity contribution in [3.8, 4) is 17.1 Å². The molecule has 1 aliphatic rings. The van der Waals surface area contributed by atoms with Gasteiger partial charge in [-0.05, 0) is 73.6 Å². The van der Waals surface area contributed by atoms with Crippen molar-refractivity contribution in [2.45, 2.75) is 39.2 Å². The van der Waals surface area contributed by atoms with Gasteiger partial charge in [-0.25, -0.2) is 15.8 Å². The van der Waals surface area contributed by atoms with Crippen molar-refractivity contribution in [3.05, 3.63) is 71.0 Å². The van der Waals surface area contributed by atoms with Gasteiger partial charge in [0, 0.05) is 30.6 Å². The maximum atomic E-state index is 6.12. The highest BCUT2D eigenvalue weighted by atomic mass is 16.5. The Morgan fingerprint density at radius 1 is 1.07 bits per heavy atom. The monoisotopic (exact) mass is 374 g/mol. The number of hydrazine groups is 1. The van der Waals surface area contributed by atoms with Gasteiger partial charge in [-0.15, -0.1) is 0 Å². The Kier molecular flexibility index (Phi) is 5.01. The van der Waals surface area contributed by atoms with Crippen molar-refractivity contribution in [2.75, 3.05) is 12.1 Å². The molecule has 0 atom stereocenters. The molecule has 3 aromatic rings. The molecule has 4 rings (SSSR count). The predicted octanol–water partition coefficient (Wildman–Crippen LogP) is 4.53. The number of rotatable bonds is 6. The van der Waals surface area contributed by atoms with E-state index in [1.54, 1.807) is 5.01 Å². The predicted molar refractivity (Wildman–Crippen MR) is 112 cm³/mol. The van der Waals surface area contributed by atoms with Gasteiger partial charge < -0.3 is 9.75 Å². The van der Waals surface area contributed by atoms with Crippen LogP contribution in [0.25, 0.3) is 11.4 Å². The molecule has 0 bridgehead atoms. The van der Waals surface area contributed by atoms with Gasteiger partial charge in [0.2, 0.25) is 0 Å². The first-order valence-electron chi connectivity index (χ1n) is 9.65. The molecule has 1 fully saturated rings. The molecular formula is C23H26N4O. The quantitative estimate of drug-likeness (QED) is 0.507. The number of hydrogen-bond acceptors (Lipinski definition) is 5. The Bertz CT molecular complexity index is 978. The number of nitrogens with two attached hydrogens (primary N) is 1. The highest BCUT2D eigenvalue weighted by Crippen LogP contribution is 2.39. The number of hydrogen-bond donors (Lipinski definition) is 1. The maximum absolute atomic E-state index is 6.12. The van der Waals surface area contributed by atoms with Crippen LogP contribution in [0.2, 0.25) is 0 Å². The smallest absolute Gasteiger partial charge is 0.159 e. The molecule has 5 heteroatoms. The molecule has 1 aliphatic carbocycles. The van der Waals surface area contributed by atoms with Crippen molar-refractivity contribution in [2.24, 2.45) is 5.84 Å². The van der Waals surface area contributed by atoms with Crippen LogP contribution in [-0.2, 0) is 6.61 Å². The van der Waals surface area contributed by atoms with Gasteiger partial charge in [-0.1, -0.05) is 12.1 Å². The van der Waals surface area contributed by atoms with Crippen LogP contribution >= 0.6 is 0 Å². The minimum absolute atomic E-state index is 0.469. The molecule has 1 heterocycles. The molecule has 0 spiro atoms. The third-order valence-electron chi connectivity index (χ3n) is 5.29. The summed E-state index contributed by atoms with van der Waals surface area (Å²) in [5.41, 5.74) is 6.54.